The van der Waals surface area contributed by atoms with Crippen LogP contribution < -0.4 is 0 Å². The molecule has 3 nitrogen and oxygen atoms in total. The molecular formula is C22H23ClFN3. The van der Waals surface area contributed by atoms with Crippen molar-refractivity contribution < 1.29 is 4.39 Å². The van der Waals surface area contributed by atoms with Gasteiger partial charge in [-0.1, -0.05) is 24.2 Å². The first-order valence-corrected chi connectivity index (χ1v) is 9.61. The molecule has 0 fully saturated rings. The van der Waals surface area contributed by atoms with Gasteiger partial charge in [0.15, 0.2) is 0 Å². The summed E-state index contributed by atoms with van der Waals surface area (Å²) >= 11 is 6.29. The van der Waals surface area contributed by atoms with E-state index in [1.165, 1.54) is 22.2 Å². The summed E-state index contributed by atoms with van der Waals surface area (Å²) < 4.78 is 15.1. The van der Waals surface area contributed by atoms with Gasteiger partial charge in [-0.15, -0.1) is 0 Å². The quantitative estimate of drug-likeness (QED) is 0.638. The standard InChI is InChI=1S/C22H23ClFN3/c1-15(16-3-5-18(12-24)25-13-16)14-27-21-6-4-17(23)11-20(21)19-7-9-26(2)10-8-22(19)27/h3-6,11,13H,1,7-10,12,14H2,2H3. The van der Waals surface area contributed by atoms with E-state index in [2.05, 4.69) is 40.2 Å². The smallest absolute Gasteiger partial charge is 0.131 e. The van der Waals surface area contributed by atoms with Crippen molar-refractivity contribution in [1.29, 1.82) is 0 Å². The molecular weight excluding hydrogens is 361 g/mol. The Morgan fingerprint density at radius 1 is 1.22 bits per heavy atom. The van der Waals surface area contributed by atoms with Gasteiger partial charge in [-0.2, -0.15) is 0 Å². The molecule has 0 N–H and O–H groups in total. The molecule has 140 valence electrons. The van der Waals surface area contributed by atoms with Gasteiger partial charge in [-0.25, -0.2) is 4.39 Å². The van der Waals surface area contributed by atoms with Crippen molar-refractivity contribution in [2.45, 2.75) is 26.1 Å². The van der Waals surface area contributed by atoms with E-state index in [0.717, 1.165) is 42.1 Å². The number of nitrogens with zero attached hydrogens (tertiary/aromatic N) is 3. The molecule has 0 atom stereocenters. The van der Waals surface area contributed by atoms with Crippen LogP contribution in [0.4, 0.5) is 4.39 Å². The highest BCUT2D eigenvalue weighted by molar-refractivity contribution is 6.31. The molecule has 5 heteroatoms. The van der Waals surface area contributed by atoms with Crippen LogP contribution in [-0.2, 0) is 26.1 Å². The zero-order valence-electron chi connectivity index (χ0n) is 15.5. The maximum Gasteiger partial charge on any atom is 0.131 e. The maximum atomic E-state index is 12.7. The van der Waals surface area contributed by atoms with Gasteiger partial charge in [0.2, 0.25) is 0 Å². The highest BCUT2D eigenvalue weighted by atomic mass is 35.5. The summed E-state index contributed by atoms with van der Waals surface area (Å²) in [6, 6.07) is 9.76. The number of allylic oxidation sites excluding steroid dienone is 1. The van der Waals surface area contributed by atoms with E-state index < -0.39 is 6.67 Å². The number of benzene rings is 1. The number of halogens is 2. The molecule has 0 radical (unpaired) electrons. The lowest BCUT2D eigenvalue weighted by Gasteiger charge is -2.15. The SMILES string of the molecule is C=C(Cn1c2c(c3cc(Cl)ccc31)CCN(C)CC2)c1ccc(CF)nc1. The van der Waals surface area contributed by atoms with E-state index in [1.807, 2.05) is 12.1 Å². The molecule has 0 unspecified atom stereocenters. The fourth-order valence-corrected chi connectivity index (χ4v) is 4.07. The largest absolute Gasteiger partial charge is 0.340 e. The molecule has 2 aromatic heterocycles. The Balaban J connectivity index is 1.75. The number of hydrogen-bond donors (Lipinski definition) is 0. The summed E-state index contributed by atoms with van der Waals surface area (Å²) in [5.41, 5.74) is 6.33. The van der Waals surface area contributed by atoms with Crippen molar-refractivity contribution in [2.75, 3.05) is 20.1 Å². The summed E-state index contributed by atoms with van der Waals surface area (Å²) in [6.45, 7) is 6.51. The minimum absolute atomic E-state index is 0.449. The number of aromatic nitrogens is 2. The molecule has 0 saturated carbocycles. The lowest BCUT2D eigenvalue weighted by molar-refractivity contribution is 0.351. The van der Waals surface area contributed by atoms with E-state index >= 15 is 0 Å². The van der Waals surface area contributed by atoms with Crippen molar-refractivity contribution in [3.8, 4) is 0 Å². The fourth-order valence-electron chi connectivity index (χ4n) is 3.90. The fraction of sp³-hybridized carbons (Fsp3) is 0.318. The molecule has 4 rings (SSSR count). The zero-order chi connectivity index (χ0) is 19.0. The molecule has 0 aliphatic carbocycles. The normalized spacial score (nSPS) is 14.9. The average molecular weight is 384 g/mol. The number of rotatable bonds is 4. The number of hydrogen-bond acceptors (Lipinski definition) is 2. The second-order valence-corrected chi connectivity index (χ2v) is 7.69. The second-order valence-electron chi connectivity index (χ2n) is 7.25. The van der Waals surface area contributed by atoms with Crippen molar-refractivity contribution in [3.63, 3.8) is 0 Å². The maximum absolute atomic E-state index is 12.7. The second kappa shape index (κ2) is 7.45. The molecule has 0 saturated heterocycles. The molecule has 0 bridgehead atoms. The molecule has 3 aromatic rings. The van der Waals surface area contributed by atoms with Gasteiger partial charge in [0.25, 0.3) is 0 Å². The lowest BCUT2D eigenvalue weighted by Crippen LogP contribution is -2.21. The Morgan fingerprint density at radius 3 is 2.78 bits per heavy atom. The highest BCUT2D eigenvalue weighted by Gasteiger charge is 2.21. The van der Waals surface area contributed by atoms with Crippen LogP contribution in [0.25, 0.3) is 16.5 Å². The topological polar surface area (TPSA) is 21.1 Å². The molecule has 1 aliphatic rings. The van der Waals surface area contributed by atoms with E-state index in [0.29, 0.717) is 12.2 Å². The number of fused-ring (bicyclic) bond motifs is 3. The van der Waals surface area contributed by atoms with Crippen molar-refractivity contribution in [1.82, 2.24) is 14.5 Å². The first-order valence-electron chi connectivity index (χ1n) is 9.24. The highest BCUT2D eigenvalue weighted by Crippen LogP contribution is 2.32. The van der Waals surface area contributed by atoms with Crippen molar-refractivity contribution >= 4 is 28.1 Å². The van der Waals surface area contributed by atoms with Gasteiger partial charge in [0.05, 0.1) is 5.69 Å². The van der Waals surface area contributed by atoms with Crippen LogP contribution >= 0.6 is 11.6 Å². The Bertz CT molecular complexity index is 991. The summed E-state index contributed by atoms with van der Waals surface area (Å²) in [6.07, 6.45) is 3.74. The Kier molecular flexibility index (Phi) is 5.02. The van der Waals surface area contributed by atoms with Crippen LogP contribution in [0.5, 0.6) is 0 Å². The summed E-state index contributed by atoms with van der Waals surface area (Å²) in [7, 11) is 2.17. The lowest BCUT2D eigenvalue weighted by atomic mass is 10.1. The Labute approximate surface area is 164 Å². The third kappa shape index (κ3) is 3.52. The zero-order valence-corrected chi connectivity index (χ0v) is 16.3. The van der Waals surface area contributed by atoms with Crippen LogP contribution in [0.15, 0.2) is 43.1 Å². The Morgan fingerprint density at radius 2 is 2.04 bits per heavy atom. The van der Waals surface area contributed by atoms with E-state index in [1.54, 1.807) is 12.3 Å². The minimum Gasteiger partial charge on any atom is -0.340 e. The number of pyridine rings is 1. The summed E-state index contributed by atoms with van der Waals surface area (Å²) in [5.74, 6) is 0. The number of likely N-dealkylation sites (N-methyl/N-ethyl adjacent to an activating group) is 1. The van der Waals surface area contributed by atoms with Gasteiger partial charge in [0, 0.05) is 53.9 Å². The van der Waals surface area contributed by atoms with E-state index in [9.17, 15) is 4.39 Å². The van der Waals surface area contributed by atoms with Gasteiger partial charge in [-0.05, 0) is 54.4 Å². The summed E-state index contributed by atoms with van der Waals surface area (Å²) in [4.78, 5) is 6.53. The molecule has 3 heterocycles. The molecule has 27 heavy (non-hydrogen) atoms. The van der Waals surface area contributed by atoms with Gasteiger partial charge in [0.1, 0.15) is 6.67 Å². The first-order chi connectivity index (χ1) is 13.1. The van der Waals surface area contributed by atoms with Crippen LogP contribution in [0.3, 0.4) is 0 Å². The van der Waals surface area contributed by atoms with Crippen LogP contribution in [0.1, 0.15) is 22.5 Å². The van der Waals surface area contributed by atoms with Crippen molar-refractivity contribution in [2.24, 2.45) is 0 Å². The molecule has 1 aromatic carbocycles. The summed E-state index contributed by atoms with van der Waals surface area (Å²) in [5, 5.41) is 2.01. The first kappa shape index (κ1) is 18.2. The monoisotopic (exact) mass is 383 g/mol. The van der Waals surface area contributed by atoms with Gasteiger partial charge < -0.3 is 9.47 Å². The van der Waals surface area contributed by atoms with Gasteiger partial charge >= 0.3 is 0 Å². The van der Waals surface area contributed by atoms with E-state index in [-0.39, 0.29) is 0 Å². The molecule has 0 spiro atoms. The minimum atomic E-state index is -0.545. The Hall–Kier alpha value is -2.17. The van der Waals surface area contributed by atoms with Crippen LogP contribution in [0, 0.1) is 0 Å². The third-order valence-electron chi connectivity index (χ3n) is 5.44. The predicted molar refractivity (Wildman–Crippen MR) is 110 cm³/mol. The predicted octanol–water partition coefficient (Wildman–Crippen LogP) is 4.90. The molecule has 1 aliphatic heterocycles. The van der Waals surface area contributed by atoms with Crippen LogP contribution in [-0.4, -0.2) is 34.6 Å². The average Bonchev–Trinajstić information content (AvgIpc) is 2.82. The third-order valence-corrected chi connectivity index (χ3v) is 5.68. The molecule has 0 amide bonds. The van der Waals surface area contributed by atoms with Crippen molar-refractivity contribution in [3.05, 3.63) is 70.6 Å². The van der Waals surface area contributed by atoms with Gasteiger partial charge in [-0.3, -0.25) is 4.98 Å². The van der Waals surface area contributed by atoms with Crippen LogP contribution in [0.2, 0.25) is 5.02 Å². The van der Waals surface area contributed by atoms with E-state index in [4.69, 9.17) is 11.6 Å². The number of alkyl halides is 1.